The maximum atomic E-state index is 11.5. The molecule has 1 aliphatic rings. The lowest BCUT2D eigenvalue weighted by molar-refractivity contribution is -0.113. The van der Waals surface area contributed by atoms with E-state index in [9.17, 15) is 9.90 Å². The first-order valence-electron chi connectivity index (χ1n) is 7.27. The zero-order valence-electron chi connectivity index (χ0n) is 13.1. The molecule has 0 saturated carbocycles. The summed E-state index contributed by atoms with van der Waals surface area (Å²) in [4.78, 5) is 16.5. The fourth-order valence-electron chi connectivity index (χ4n) is 2.57. The first-order chi connectivity index (χ1) is 9.80. The number of aromatic nitrogens is 1. The predicted octanol–water partition coefficient (Wildman–Crippen LogP) is 3.18. The first kappa shape index (κ1) is 16.4. The molecule has 0 aliphatic carbocycles. The third-order valence-electron chi connectivity index (χ3n) is 3.64. The molecule has 5 nitrogen and oxygen atoms in total. The Labute approximate surface area is 129 Å². The summed E-state index contributed by atoms with van der Waals surface area (Å²) in [6.07, 6.45) is 1.44. The SMILES string of the molecule is CCOC1(c2nc(C(C)(C)C)c(C(=O)O)s2)CCOCC1. The van der Waals surface area contributed by atoms with E-state index in [0.717, 1.165) is 17.8 Å². The summed E-state index contributed by atoms with van der Waals surface area (Å²) in [7, 11) is 0. The number of ether oxygens (including phenoxy) is 2. The number of carbonyl (C=O) groups is 1. The van der Waals surface area contributed by atoms with Gasteiger partial charge in [-0.15, -0.1) is 11.3 Å². The molecular formula is C15H23NO4S. The van der Waals surface area contributed by atoms with Crippen molar-refractivity contribution in [2.24, 2.45) is 0 Å². The minimum atomic E-state index is -0.914. The largest absolute Gasteiger partial charge is 0.477 e. The van der Waals surface area contributed by atoms with E-state index in [0.29, 0.717) is 30.4 Å². The molecule has 1 fully saturated rings. The lowest BCUT2D eigenvalue weighted by Gasteiger charge is -2.35. The van der Waals surface area contributed by atoms with Crippen LogP contribution in [0, 0.1) is 0 Å². The molecule has 0 atom stereocenters. The molecule has 21 heavy (non-hydrogen) atoms. The van der Waals surface area contributed by atoms with Crippen LogP contribution in [-0.2, 0) is 20.5 Å². The lowest BCUT2D eigenvalue weighted by atomic mass is 9.90. The van der Waals surface area contributed by atoms with Gasteiger partial charge in [-0.3, -0.25) is 0 Å². The van der Waals surface area contributed by atoms with E-state index in [-0.39, 0.29) is 5.41 Å². The number of aromatic carboxylic acids is 1. The van der Waals surface area contributed by atoms with Gasteiger partial charge in [0.1, 0.15) is 15.5 Å². The average Bonchev–Trinajstić information content (AvgIpc) is 2.86. The number of carboxylic acid groups (broad SMARTS) is 1. The normalized spacial score (nSPS) is 18.7. The fraction of sp³-hybridized carbons (Fsp3) is 0.733. The van der Waals surface area contributed by atoms with E-state index < -0.39 is 11.6 Å². The van der Waals surface area contributed by atoms with Crippen molar-refractivity contribution in [3.05, 3.63) is 15.6 Å². The zero-order chi connectivity index (χ0) is 15.7. The Hall–Kier alpha value is -0.980. The van der Waals surface area contributed by atoms with Crippen molar-refractivity contribution in [3.63, 3.8) is 0 Å². The van der Waals surface area contributed by atoms with Crippen molar-refractivity contribution < 1.29 is 19.4 Å². The van der Waals surface area contributed by atoms with Crippen LogP contribution in [0.1, 0.15) is 60.9 Å². The molecule has 0 bridgehead atoms. The summed E-state index contributed by atoms with van der Waals surface area (Å²) in [5.41, 5.74) is -0.160. The van der Waals surface area contributed by atoms with Crippen LogP contribution in [-0.4, -0.2) is 35.9 Å². The van der Waals surface area contributed by atoms with Gasteiger partial charge in [0.15, 0.2) is 0 Å². The van der Waals surface area contributed by atoms with Crippen LogP contribution < -0.4 is 0 Å². The molecular weight excluding hydrogens is 290 g/mol. The molecule has 1 aromatic rings. The molecule has 1 N–H and O–H groups in total. The Balaban J connectivity index is 2.49. The van der Waals surface area contributed by atoms with E-state index in [4.69, 9.17) is 9.47 Å². The van der Waals surface area contributed by atoms with E-state index in [1.807, 2.05) is 27.7 Å². The second-order valence-corrected chi connectivity index (χ2v) is 7.29. The maximum Gasteiger partial charge on any atom is 0.347 e. The Morgan fingerprint density at radius 2 is 2.05 bits per heavy atom. The minimum Gasteiger partial charge on any atom is -0.477 e. The maximum absolute atomic E-state index is 11.5. The van der Waals surface area contributed by atoms with E-state index in [1.54, 1.807) is 0 Å². The molecule has 1 aromatic heterocycles. The molecule has 2 heterocycles. The number of carboxylic acids is 1. The van der Waals surface area contributed by atoms with Gasteiger partial charge in [0.25, 0.3) is 0 Å². The molecule has 2 rings (SSSR count). The highest BCUT2D eigenvalue weighted by Gasteiger charge is 2.40. The van der Waals surface area contributed by atoms with Gasteiger partial charge >= 0.3 is 5.97 Å². The van der Waals surface area contributed by atoms with Gasteiger partial charge in [-0.25, -0.2) is 9.78 Å². The van der Waals surface area contributed by atoms with Gasteiger partial charge in [-0.05, 0) is 6.92 Å². The van der Waals surface area contributed by atoms with Crippen molar-refractivity contribution in [1.29, 1.82) is 0 Å². The van der Waals surface area contributed by atoms with Gasteiger partial charge in [0.2, 0.25) is 0 Å². The number of hydrogen-bond acceptors (Lipinski definition) is 5. The van der Waals surface area contributed by atoms with E-state index in [2.05, 4.69) is 4.98 Å². The number of thiazole rings is 1. The van der Waals surface area contributed by atoms with Crippen molar-refractivity contribution >= 4 is 17.3 Å². The third-order valence-corrected chi connectivity index (χ3v) is 4.87. The van der Waals surface area contributed by atoms with E-state index in [1.165, 1.54) is 11.3 Å². The summed E-state index contributed by atoms with van der Waals surface area (Å²) in [6, 6.07) is 0. The Kier molecular flexibility index (Phi) is 4.70. The van der Waals surface area contributed by atoms with Gasteiger partial charge in [0, 0.05) is 38.1 Å². The van der Waals surface area contributed by atoms with Crippen LogP contribution >= 0.6 is 11.3 Å². The topological polar surface area (TPSA) is 68.7 Å². The standard InChI is InChI=1S/C15H23NO4S/c1-5-20-15(6-8-19-9-7-15)13-16-11(14(2,3)4)10(21-13)12(17)18/h5-9H2,1-4H3,(H,17,18). The highest BCUT2D eigenvalue weighted by molar-refractivity contribution is 7.13. The van der Waals surface area contributed by atoms with Gasteiger partial charge in [-0.2, -0.15) is 0 Å². The third kappa shape index (κ3) is 3.27. The van der Waals surface area contributed by atoms with Crippen LogP contribution in [0.4, 0.5) is 0 Å². The molecule has 1 saturated heterocycles. The van der Waals surface area contributed by atoms with Crippen molar-refractivity contribution in [2.75, 3.05) is 19.8 Å². The highest BCUT2D eigenvalue weighted by atomic mass is 32.1. The summed E-state index contributed by atoms with van der Waals surface area (Å²) < 4.78 is 11.4. The van der Waals surface area contributed by atoms with Crippen LogP contribution in [0.2, 0.25) is 0 Å². The molecule has 0 spiro atoms. The number of hydrogen-bond donors (Lipinski definition) is 1. The van der Waals surface area contributed by atoms with Crippen molar-refractivity contribution in [1.82, 2.24) is 4.98 Å². The van der Waals surface area contributed by atoms with Crippen LogP contribution in [0.3, 0.4) is 0 Å². The molecule has 0 unspecified atom stereocenters. The van der Waals surface area contributed by atoms with Gasteiger partial charge in [-0.1, -0.05) is 20.8 Å². The first-order valence-corrected chi connectivity index (χ1v) is 8.08. The van der Waals surface area contributed by atoms with Crippen LogP contribution in [0.25, 0.3) is 0 Å². The average molecular weight is 313 g/mol. The van der Waals surface area contributed by atoms with Crippen LogP contribution in [0.15, 0.2) is 0 Å². The number of rotatable bonds is 4. The molecule has 0 amide bonds. The predicted molar refractivity (Wildman–Crippen MR) is 81.1 cm³/mol. The van der Waals surface area contributed by atoms with Gasteiger partial charge < -0.3 is 14.6 Å². The summed E-state index contributed by atoms with van der Waals surface area (Å²) >= 11 is 1.25. The lowest BCUT2D eigenvalue weighted by Crippen LogP contribution is -2.36. The van der Waals surface area contributed by atoms with Crippen LogP contribution in [0.5, 0.6) is 0 Å². The zero-order valence-corrected chi connectivity index (χ0v) is 13.9. The monoisotopic (exact) mass is 313 g/mol. The summed E-state index contributed by atoms with van der Waals surface area (Å²) in [5, 5.41) is 10.2. The Morgan fingerprint density at radius 1 is 1.43 bits per heavy atom. The van der Waals surface area contributed by atoms with Crippen molar-refractivity contribution in [2.45, 2.75) is 51.6 Å². The Morgan fingerprint density at radius 3 is 2.48 bits per heavy atom. The summed E-state index contributed by atoms with van der Waals surface area (Å²) in [5.74, 6) is -0.914. The smallest absolute Gasteiger partial charge is 0.347 e. The quantitative estimate of drug-likeness (QED) is 0.924. The van der Waals surface area contributed by atoms with Gasteiger partial charge in [0.05, 0.1) is 5.69 Å². The minimum absolute atomic E-state index is 0.305. The molecule has 0 aromatic carbocycles. The van der Waals surface area contributed by atoms with E-state index >= 15 is 0 Å². The highest BCUT2D eigenvalue weighted by Crippen LogP contribution is 2.41. The van der Waals surface area contributed by atoms with Crippen molar-refractivity contribution in [3.8, 4) is 0 Å². The fourth-order valence-corrected chi connectivity index (χ4v) is 3.88. The second kappa shape index (κ2) is 6.02. The molecule has 1 aliphatic heterocycles. The Bertz CT molecular complexity index is 507. The number of nitrogens with zero attached hydrogens (tertiary/aromatic N) is 1. The summed E-state index contributed by atoms with van der Waals surface area (Å²) in [6.45, 7) is 9.71. The molecule has 118 valence electrons. The second-order valence-electron chi connectivity index (χ2n) is 6.29. The molecule has 6 heteroatoms. The molecule has 0 radical (unpaired) electrons.